The third-order valence-electron chi connectivity index (χ3n) is 2.18. The smallest absolute Gasteiger partial charge is 0.481 e. The molecule has 0 aromatic heterocycles. The Kier molecular flexibility index (Phi) is 83.0. The monoisotopic (exact) mass is 620 g/mol. The molecule has 0 saturated heterocycles. The van der Waals surface area contributed by atoms with Crippen molar-refractivity contribution in [2.75, 3.05) is 0 Å². The second kappa shape index (κ2) is 39.5. The molecule has 0 atom stereocenters. The Labute approximate surface area is 212 Å². The van der Waals surface area contributed by atoms with Crippen LogP contribution in [-0.2, 0) is 48.5 Å². The molecule has 0 unspecified atom stereocenters. The molecule has 8 nitrogen and oxygen atoms in total. The van der Waals surface area contributed by atoms with Crippen molar-refractivity contribution in [3.63, 3.8) is 0 Å². The van der Waals surface area contributed by atoms with Gasteiger partial charge in [0.1, 0.15) is 0 Å². The molecule has 0 aromatic rings. The van der Waals surface area contributed by atoms with Gasteiger partial charge in [0.15, 0.2) is 12.6 Å². The zero-order chi connectivity index (χ0) is 20.6. The third kappa shape index (κ3) is 79.7. The molecule has 0 amide bonds. The van der Waals surface area contributed by atoms with Crippen LogP contribution in [-0.4, -0.2) is 55.2 Å². The molecule has 0 bridgehead atoms. The molecule has 6 N–H and O–H groups in total. The summed E-state index contributed by atoms with van der Waals surface area (Å²) in [5.41, 5.74) is 0. The van der Waals surface area contributed by atoms with E-state index in [1.54, 1.807) is 55.4 Å². The second-order valence-electron chi connectivity index (χ2n) is 6.30. The van der Waals surface area contributed by atoms with E-state index in [9.17, 15) is 9.59 Å². The van der Waals surface area contributed by atoms with Gasteiger partial charge in [0.25, 0.3) is 0 Å². The summed E-state index contributed by atoms with van der Waals surface area (Å²) in [6.45, 7) is 13.5. The van der Waals surface area contributed by atoms with E-state index in [-0.39, 0.29) is 92.3 Å². The summed E-state index contributed by atoms with van der Waals surface area (Å²) in [6, 6.07) is 0. The van der Waals surface area contributed by atoms with Gasteiger partial charge in [-0.3, -0.25) is 9.59 Å². The van der Waals surface area contributed by atoms with Crippen molar-refractivity contribution in [3.8, 4) is 0 Å². The van der Waals surface area contributed by atoms with Crippen LogP contribution in [0.5, 0.6) is 0 Å². The summed E-state index contributed by atoms with van der Waals surface area (Å²) < 4.78 is 0. The number of rotatable bonds is 4. The number of aliphatic carboxylic acids is 2. The van der Waals surface area contributed by atoms with Gasteiger partial charge in [-0.25, -0.2) is 0 Å². The van der Waals surface area contributed by atoms with Crippen molar-refractivity contribution in [3.05, 3.63) is 29.7 Å². The van der Waals surface area contributed by atoms with E-state index in [0.717, 1.165) is 0 Å². The van der Waals surface area contributed by atoms with Gasteiger partial charge in [0.2, 0.25) is 0 Å². The van der Waals surface area contributed by atoms with Crippen LogP contribution in [0.3, 0.4) is 0 Å². The Balaban J connectivity index is -0.0000000208. The van der Waals surface area contributed by atoms with Crippen LogP contribution in [0.15, 0.2) is 0 Å². The molecule has 0 aliphatic heterocycles. The predicted octanol–water partition coefficient (Wildman–Crippen LogP) is 3.16. The normalized spacial score (nSPS) is 8.07. The van der Waals surface area contributed by atoms with Crippen molar-refractivity contribution in [2.45, 2.75) is 68.0 Å². The van der Waals surface area contributed by atoms with Gasteiger partial charge in [-0.15, -0.1) is 0 Å². The molecule has 0 rings (SSSR count). The first-order valence-electron chi connectivity index (χ1n) is 7.75. The summed E-state index contributed by atoms with van der Waals surface area (Å²) in [5.74, 6) is -2.02. The molecular weight excluding hydrogens is 570 g/mol. The molecule has 192 valence electrons. The number of aliphatic hydroxyl groups is 4. The molecular formula is C20H48O8Ru2. The van der Waals surface area contributed by atoms with Gasteiger partial charge in [-0.1, -0.05) is 55.4 Å². The van der Waals surface area contributed by atoms with E-state index in [0.29, 0.717) is 0 Å². The van der Waals surface area contributed by atoms with Crippen LogP contribution in [0.25, 0.3) is 0 Å². The molecule has 0 aliphatic rings. The fourth-order valence-corrected chi connectivity index (χ4v) is 0. The molecule has 0 radical (unpaired) electrons. The predicted molar refractivity (Wildman–Crippen MR) is 117 cm³/mol. The van der Waals surface area contributed by atoms with Gasteiger partial charge in [-0.2, -0.15) is 0 Å². The van der Waals surface area contributed by atoms with Crippen LogP contribution in [0.4, 0.5) is 0 Å². The first-order valence-corrected chi connectivity index (χ1v) is 7.75. The Morgan fingerprint density at radius 1 is 0.500 bits per heavy atom. The van der Waals surface area contributed by atoms with Gasteiger partial charge < -0.3 is 60.3 Å². The topological polar surface area (TPSA) is 156 Å². The summed E-state index contributed by atoms with van der Waals surface area (Å²) >= 11 is 0. The van der Waals surface area contributed by atoms with Crippen LogP contribution in [0, 0.1) is 53.4 Å². The van der Waals surface area contributed by atoms with Crippen molar-refractivity contribution in [1.29, 1.82) is 0 Å². The number of hydrogen-bond acceptors (Lipinski definition) is 6. The molecule has 10 heteroatoms. The van der Waals surface area contributed by atoms with Gasteiger partial charge in [-0.05, 0) is 0 Å². The number of aliphatic hydroxyl groups excluding tert-OH is 2. The molecule has 0 saturated carbocycles. The van der Waals surface area contributed by atoms with Gasteiger partial charge in [0, 0.05) is 11.8 Å². The summed E-state index contributed by atoms with van der Waals surface area (Å²) in [5, 5.41) is 48.7. The average molecular weight is 619 g/mol. The Hall–Kier alpha value is 0.0268. The van der Waals surface area contributed by atoms with E-state index >= 15 is 0 Å². The minimum absolute atomic E-state index is 0. The zero-order valence-electron chi connectivity index (χ0n) is 20.7. The Morgan fingerprint density at radius 3 is 0.567 bits per heavy atom. The fourth-order valence-electron chi connectivity index (χ4n) is 0. The quantitative estimate of drug-likeness (QED) is 0.160. The van der Waals surface area contributed by atoms with Crippen molar-refractivity contribution >= 4 is 11.9 Å². The maximum Gasteiger partial charge on any atom is 2.00 e. The minimum atomic E-state index is -1.15. The standard InChI is InChI=1S/2C4H10O2.2C4H8O2.4CH3.2Ru/c4*1-3(2)4(5)6;;;;;;/h2*3-6H,1-2H3;2*3H,1-2H3,(H,5,6);4*1H3;;/q;;;;4*-1;2*+2. The number of hydrogen-bond donors (Lipinski definition) is 6. The van der Waals surface area contributed by atoms with Gasteiger partial charge in [0.05, 0.1) is 11.8 Å². The molecule has 0 fully saturated rings. The molecule has 0 heterocycles. The summed E-state index contributed by atoms with van der Waals surface area (Å²) in [6.07, 6.45) is -2.30. The molecule has 30 heavy (non-hydrogen) atoms. The van der Waals surface area contributed by atoms with Crippen molar-refractivity contribution in [1.82, 2.24) is 0 Å². The van der Waals surface area contributed by atoms with Crippen LogP contribution in [0.2, 0.25) is 0 Å². The summed E-state index contributed by atoms with van der Waals surface area (Å²) in [7, 11) is 0. The number of carboxylic acids is 2. The van der Waals surface area contributed by atoms with E-state index in [1.807, 2.05) is 0 Å². The van der Waals surface area contributed by atoms with E-state index in [4.69, 9.17) is 30.6 Å². The van der Waals surface area contributed by atoms with E-state index in [2.05, 4.69) is 0 Å². The van der Waals surface area contributed by atoms with E-state index in [1.165, 1.54) is 0 Å². The average Bonchev–Trinajstić information content (AvgIpc) is 2.40. The zero-order valence-corrected chi connectivity index (χ0v) is 24.1. The first-order chi connectivity index (χ1) is 10.6. The molecule has 0 aromatic carbocycles. The maximum absolute atomic E-state index is 9.70. The molecule has 0 spiro atoms. The molecule has 0 aliphatic carbocycles. The van der Waals surface area contributed by atoms with Crippen LogP contribution >= 0.6 is 0 Å². The Morgan fingerprint density at radius 2 is 0.567 bits per heavy atom. The van der Waals surface area contributed by atoms with Crippen molar-refractivity contribution in [2.24, 2.45) is 23.7 Å². The van der Waals surface area contributed by atoms with Gasteiger partial charge >= 0.3 is 50.9 Å². The number of carboxylic acid groups (broad SMARTS) is 2. The van der Waals surface area contributed by atoms with Crippen LogP contribution < -0.4 is 0 Å². The van der Waals surface area contributed by atoms with Crippen LogP contribution in [0.1, 0.15) is 55.4 Å². The second-order valence-corrected chi connectivity index (χ2v) is 6.30. The summed E-state index contributed by atoms with van der Waals surface area (Å²) in [4.78, 5) is 19.4. The first kappa shape index (κ1) is 63.1. The van der Waals surface area contributed by atoms with Crippen molar-refractivity contribution < 1.29 is 79.2 Å². The minimum Gasteiger partial charge on any atom is -0.481 e. The van der Waals surface area contributed by atoms with E-state index < -0.39 is 24.5 Å². The Bertz CT molecular complexity index is 267. The third-order valence-corrected chi connectivity index (χ3v) is 2.18. The SMILES string of the molecule is CC(C)C(=O)O.CC(C)C(=O)O.CC(C)C(O)O.CC(C)C(O)O.[CH3-].[CH3-].[CH3-].[CH3-].[Ru+2].[Ru+2]. The fraction of sp³-hybridized carbons (Fsp3) is 0.700. The number of carbonyl (C=O) groups is 2. The largest absolute Gasteiger partial charge is 2.00 e. The maximum atomic E-state index is 9.70.